The Balaban J connectivity index is 0. The Labute approximate surface area is 95.0 Å². The average Bonchev–Trinajstić information content (AvgIpc) is 2.52. The molecule has 0 aromatic rings. The van der Waals surface area contributed by atoms with Gasteiger partial charge in [-0.15, -0.1) is 6.58 Å². The summed E-state index contributed by atoms with van der Waals surface area (Å²) in [5.74, 6) is 0.294. The molecule has 0 aromatic carbocycles. The lowest BCUT2D eigenvalue weighted by molar-refractivity contribution is -0.127. The molecular formula is C13H28O2. The maximum atomic E-state index is 8.08. The van der Waals surface area contributed by atoms with Crippen LogP contribution in [0.2, 0.25) is 0 Å². The summed E-state index contributed by atoms with van der Waals surface area (Å²) in [5.41, 5.74) is 0. The largest absolute Gasteiger partial charge is 0.366 e. The Morgan fingerprint density at radius 1 is 1.20 bits per heavy atom. The van der Waals surface area contributed by atoms with Gasteiger partial charge in [0.15, 0.2) is 5.79 Å². The minimum Gasteiger partial charge on any atom is -0.366 e. The van der Waals surface area contributed by atoms with E-state index in [-0.39, 0.29) is 0 Å². The number of hydrogen-bond acceptors (Lipinski definition) is 2. The third-order valence-electron chi connectivity index (χ3n) is 2.07. The van der Waals surface area contributed by atoms with Gasteiger partial charge in [0.25, 0.3) is 0 Å². The molecule has 2 atom stereocenters. The second kappa shape index (κ2) is 8.93. The second-order valence-electron chi connectivity index (χ2n) is 4.41. The quantitative estimate of drug-likeness (QED) is 0.521. The molecule has 15 heavy (non-hydrogen) atoms. The van der Waals surface area contributed by atoms with Crippen molar-refractivity contribution in [3.63, 3.8) is 0 Å². The average molecular weight is 216 g/mol. The lowest BCUT2D eigenvalue weighted by atomic mass is 10.1. The maximum Gasteiger partial charge on any atom is 0.156 e. The minimum absolute atomic E-state index is 0.838. The van der Waals surface area contributed by atoms with Gasteiger partial charge in [-0.2, -0.15) is 0 Å². The van der Waals surface area contributed by atoms with Gasteiger partial charge < -0.3 is 10.2 Å². The first-order valence-electron chi connectivity index (χ1n) is 5.90. The van der Waals surface area contributed by atoms with Crippen LogP contribution < -0.4 is 0 Å². The van der Waals surface area contributed by atoms with E-state index in [4.69, 9.17) is 10.2 Å². The summed E-state index contributed by atoms with van der Waals surface area (Å²) in [5, 5.41) is 16.2. The van der Waals surface area contributed by atoms with Crippen LogP contribution in [0, 0.1) is 11.8 Å². The summed E-state index contributed by atoms with van der Waals surface area (Å²) in [6, 6.07) is 0. The van der Waals surface area contributed by atoms with Gasteiger partial charge in [0, 0.05) is 0 Å². The molecule has 0 amide bonds. The Hall–Kier alpha value is -0.340. The molecule has 0 aromatic heterocycles. The molecule has 0 heterocycles. The van der Waals surface area contributed by atoms with Crippen LogP contribution in [0.1, 0.15) is 53.9 Å². The van der Waals surface area contributed by atoms with Crippen LogP contribution in [-0.2, 0) is 0 Å². The maximum absolute atomic E-state index is 8.08. The van der Waals surface area contributed by atoms with Crippen LogP contribution in [0.25, 0.3) is 0 Å². The monoisotopic (exact) mass is 216 g/mol. The highest BCUT2D eigenvalue weighted by atomic mass is 16.5. The molecule has 0 saturated heterocycles. The molecule has 1 fully saturated rings. The van der Waals surface area contributed by atoms with Crippen molar-refractivity contribution < 1.29 is 10.2 Å². The molecule has 0 bridgehead atoms. The molecular weight excluding hydrogens is 188 g/mol. The lowest BCUT2D eigenvalue weighted by Gasteiger charge is -2.03. The zero-order valence-corrected chi connectivity index (χ0v) is 11.0. The smallest absolute Gasteiger partial charge is 0.156 e. The Kier molecular flexibility index (Phi) is 10.2. The second-order valence-corrected chi connectivity index (χ2v) is 4.41. The highest BCUT2D eigenvalue weighted by Crippen LogP contribution is 2.30. The number of hydrogen-bond donors (Lipinski definition) is 2. The van der Waals surface area contributed by atoms with Gasteiger partial charge >= 0.3 is 0 Å². The third kappa shape index (κ3) is 16.3. The van der Waals surface area contributed by atoms with E-state index in [1.165, 1.54) is 33.1 Å². The summed E-state index contributed by atoms with van der Waals surface area (Å²) in [6.07, 6.45) is 6.27. The molecule has 0 spiro atoms. The van der Waals surface area contributed by atoms with Crippen molar-refractivity contribution in [2.75, 3.05) is 0 Å². The molecule has 1 saturated carbocycles. The molecule has 0 radical (unpaired) electrons. The topological polar surface area (TPSA) is 40.5 Å². The third-order valence-corrected chi connectivity index (χ3v) is 2.07. The number of allylic oxidation sites excluding steroid dienone is 1. The Morgan fingerprint density at radius 2 is 1.60 bits per heavy atom. The van der Waals surface area contributed by atoms with Crippen LogP contribution in [0.4, 0.5) is 0 Å². The van der Waals surface area contributed by atoms with Crippen LogP contribution in [0.3, 0.4) is 0 Å². The van der Waals surface area contributed by atoms with Gasteiger partial charge in [0.05, 0.1) is 0 Å². The number of rotatable bonds is 1. The highest BCUT2D eigenvalue weighted by molar-refractivity contribution is 4.85. The molecule has 1 aliphatic rings. The minimum atomic E-state index is -1.50. The van der Waals surface area contributed by atoms with Crippen LogP contribution in [-0.4, -0.2) is 16.0 Å². The summed E-state index contributed by atoms with van der Waals surface area (Å²) < 4.78 is 0. The normalized spacial score (nSPS) is 24.5. The molecule has 1 rings (SSSR count). The first-order valence-corrected chi connectivity index (χ1v) is 5.90. The number of aliphatic hydroxyl groups is 2. The molecule has 1 aliphatic carbocycles. The van der Waals surface area contributed by atoms with Crippen LogP contribution >= 0.6 is 0 Å². The van der Waals surface area contributed by atoms with Gasteiger partial charge in [0.2, 0.25) is 0 Å². The van der Waals surface area contributed by atoms with Gasteiger partial charge in [0.1, 0.15) is 0 Å². The van der Waals surface area contributed by atoms with Gasteiger partial charge in [-0.3, -0.25) is 0 Å². The summed E-state index contributed by atoms with van der Waals surface area (Å²) >= 11 is 0. The fourth-order valence-electron chi connectivity index (χ4n) is 1.47. The summed E-state index contributed by atoms with van der Waals surface area (Å²) in [4.78, 5) is 0. The van der Waals surface area contributed by atoms with E-state index in [0.717, 1.165) is 11.8 Å². The van der Waals surface area contributed by atoms with E-state index >= 15 is 0 Å². The lowest BCUT2D eigenvalue weighted by Crippen LogP contribution is -2.15. The Morgan fingerprint density at radius 3 is 1.73 bits per heavy atom. The SMILES string of the molecule is C=CC1CCC(C)C1.CC.CC(C)(O)O. The van der Waals surface area contributed by atoms with E-state index in [9.17, 15) is 0 Å². The molecule has 2 nitrogen and oxygen atoms in total. The summed E-state index contributed by atoms with van der Waals surface area (Å²) in [7, 11) is 0. The molecule has 2 N–H and O–H groups in total. The van der Waals surface area contributed by atoms with Crippen molar-refractivity contribution in [3.05, 3.63) is 12.7 Å². The molecule has 92 valence electrons. The van der Waals surface area contributed by atoms with Crippen molar-refractivity contribution in [3.8, 4) is 0 Å². The van der Waals surface area contributed by atoms with Gasteiger partial charge in [-0.05, 0) is 38.5 Å². The van der Waals surface area contributed by atoms with Crippen molar-refractivity contribution in [1.82, 2.24) is 0 Å². The van der Waals surface area contributed by atoms with Crippen molar-refractivity contribution in [2.24, 2.45) is 11.8 Å². The van der Waals surface area contributed by atoms with E-state index in [1.807, 2.05) is 13.8 Å². The van der Waals surface area contributed by atoms with Crippen molar-refractivity contribution >= 4 is 0 Å². The Bertz CT molecular complexity index is 141. The van der Waals surface area contributed by atoms with Crippen molar-refractivity contribution in [2.45, 2.75) is 59.7 Å². The standard InChI is InChI=1S/C8H14.C3H8O2.C2H6/c1-3-8-5-4-7(2)6-8;1-3(2,4)5;1-2/h3,7-8H,1,4-6H2,2H3;4-5H,1-2H3;1-2H3. The fourth-order valence-corrected chi connectivity index (χ4v) is 1.47. The zero-order chi connectivity index (χ0) is 12.5. The first kappa shape index (κ1) is 17.1. The van der Waals surface area contributed by atoms with E-state index < -0.39 is 5.79 Å². The molecule has 0 aliphatic heterocycles. The van der Waals surface area contributed by atoms with Crippen LogP contribution in [0.15, 0.2) is 12.7 Å². The van der Waals surface area contributed by atoms with Crippen molar-refractivity contribution in [1.29, 1.82) is 0 Å². The van der Waals surface area contributed by atoms with E-state index in [2.05, 4.69) is 19.6 Å². The first-order chi connectivity index (χ1) is 6.83. The zero-order valence-electron chi connectivity index (χ0n) is 11.0. The fraction of sp³-hybridized carbons (Fsp3) is 0.846. The predicted molar refractivity (Wildman–Crippen MR) is 66.6 cm³/mol. The predicted octanol–water partition coefficient (Wildman–Crippen LogP) is 3.34. The summed E-state index contributed by atoms with van der Waals surface area (Å²) in [6.45, 7) is 12.7. The van der Waals surface area contributed by atoms with E-state index in [1.54, 1.807) is 0 Å². The van der Waals surface area contributed by atoms with Crippen LogP contribution in [0.5, 0.6) is 0 Å². The van der Waals surface area contributed by atoms with E-state index in [0.29, 0.717) is 0 Å². The molecule has 2 unspecified atom stereocenters. The highest BCUT2D eigenvalue weighted by Gasteiger charge is 2.17. The van der Waals surface area contributed by atoms with Gasteiger partial charge in [-0.25, -0.2) is 0 Å². The van der Waals surface area contributed by atoms with Gasteiger partial charge in [-0.1, -0.05) is 33.3 Å². The molecule has 2 heteroatoms.